The maximum absolute atomic E-state index is 2.49. The lowest BCUT2D eigenvalue weighted by atomic mass is 9.89. The van der Waals surface area contributed by atoms with Crippen molar-refractivity contribution in [3.8, 4) is 10.4 Å². The van der Waals surface area contributed by atoms with Crippen LogP contribution in [-0.4, -0.2) is 6.26 Å². The second-order valence-electron chi connectivity index (χ2n) is 6.42. The van der Waals surface area contributed by atoms with Gasteiger partial charge in [-0.2, -0.15) is 0 Å². The third-order valence-corrected chi connectivity index (χ3v) is 7.67. The molecule has 2 heteroatoms. The van der Waals surface area contributed by atoms with Gasteiger partial charge in [0.25, 0.3) is 0 Å². The Morgan fingerprint density at radius 2 is 1.52 bits per heavy atom. The Hall–Kier alpha value is -0.730. The van der Waals surface area contributed by atoms with Gasteiger partial charge in [-0.05, 0) is 84.6 Å². The lowest BCUT2D eigenvalue weighted by Gasteiger charge is -2.17. The van der Waals surface area contributed by atoms with Gasteiger partial charge in [-0.25, -0.2) is 0 Å². The molecule has 0 nitrogen and oxygen atoms in total. The van der Waals surface area contributed by atoms with Gasteiger partial charge in [0.2, 0.25) is 0 Å². The number of hydrogen-bond acceptors (Lipinski definition) is 2. The zero-order valence-electron chi connectivity index (χ0n) is 14.9. The van der Waals surface area contributed by atoms with E-state index in [-0.39, 0.29) is 0 Å². The normalized spacial score (nSPS) is 14.1. The summed E-state index contributed by atoms with van der Waals surface area (Å²) in [6, 6.07) is 4.98. The molecule has 0 radical (unpaired) electrons. The van der Waals surface area contributed by atoms with Crippen LogP contribution in [0.4, 0.5) is 0 Å². The highest BCUT2D eigenvalue weighted by molar-refractivity contribution is 8.00. The average Bonchev–Trinajstić information content (AvgIpc) is 2.99. The highest BCUT2D eigenvalue weighted by Crippen LogP contribution is 2.45. The number of thioether (sulfide) groups is 1. The van der Waals surface area contributed by atoms with Gasteiger partial charge >= 0.3 is 0 Å². The standard InChI is InChI=1S/C21H28S2/c1-5-14-12-16(13-15(6-2)17(14)7-3)20-18-10-8-9-11-19(18)21(22-4)23-20/h12-13H,5-11H2,1-4H3. The molecular weight excluding hydrogens is 316 g/mol. The summed E-state index contributed by atoms with van der Waals surface area (Å²) < 4.78 is 1.56. The summed E-state index contributed by atoms with van der Waals surface area (Å²) in [5.41, 5.74) is 9.53. The molecule has 0 atom stereocenters. The Balaban J connectivity index is 2.17. The van der Waals surface area contributed by atoms with Gasteiger partial charge in [0, 0.05) is 4.88 Å². The van der Waals surface area contributed by atoms with Crippen molar-refractivity contribution < 1.29 is 0 Å². The highest BCUT2D eigenvalue weighted by Gasteiger charge is 2.22. The van der Waals surface area contributed by atoms with E-state index in [4.69, 9.17) is 0 Å². The van der Waals surface area contributed by atoms with Crippen molar-refractivity contribution in [3.05, 3.63) is 39.9 Å². The number of thiophene rings is 1. The first kappa shape index (κ1) is 17.1. The van der Waals surface area contributed by atoms with Gasteiger partial charge < -0.3 is 0 Å². The van der Waals surface area contributed by atoms with Gasteiger partial charge in [-0.15, -0.1) is 23.1 Å². The summed E-state index contributed by atoms with van der Waals surface area (Å²) in [6.07, 6.45) is 11.0. The van der Waals surface area contributed by atoms with Crippen LogP contribution in [0.3, 0.4) is 0 Å². The largest absolute Gasteiger partial charge is 0.128 e. The van der Waals surface area contributed by atoms with Crippen molar-refractivity contribution in [3.63, 3.8) is 0 Å². The van der Waals surface area contributed by atoms with Crippen molar-refractivity contribution in [1.82, 2.24) is 0 Å². The van der Waals surface area contributed by atoms with Gasteiger partial charge in [-0.1, -0.05) is 32.9 Å². The van der Waals surface area contributed by atoms with E-state index in [2.05, 4.69) is 39.2 Å². The molecule has 0 spiro atoms. The molecule has 124 valence electrons. The van der Waals surface area contributed by atoms with Gasteiger partial charge in [0.1, 0.15) is 0 Å². The lowest BCUT2D eigenvalue weighted by Crippen LogP contribution is -2.02. The maximum Gasteiger partial charge on any atom is 0.0637 e. The first-order chi connectivity index (χ1) is 11.2. The average molecular weight is 345 g/mol. The van der Waals surface area contributed by atoms with Crippen LogP contribution in [-0.2, 0) is 32.1 Å². The molecule has 1 aromatic carbocycles. The van der Waals surface area contributed by atoms with Crippen molar-refractivity contribution in [2.75, 3.05) is 6.26 Å². The minimum Gasteiger partial charge on any atom is -0.128 e. The maximum atomic E-state index is 2.49. The molecule has 0 aliphatic heterocycles. The zero-order chi connectivity index (χ0) is 16.4. The fraction of sp³-hybridized carbons (Fsp3) is 0.524. The summed E-state index contributed by atoms with van der Waals surface area (Å²) >= 11 is 3.99. The molecule has 0 saturated carbocycles. The summed E-state index contributed by atoms with van der Waals surface area (Å²) in [7, 11) is 0. The van der Waals surface area contributed by atoms with Crippen LogP contribution in [0.25, 0.3) is 10.4 Å². The van der Waals surface area contributed by atoms with Crippen LogP contribution >= 0.6 is 23.1 Å². The first-order valence-electron chi connectivity index (χ1n) is 9.06. The molecule has 2 aromatic rings. The quantitative estimate of drug-likeness (QED) is 0.544. The van der Waals surface area contributed by atoms with Crippen molar-refractivity contribution in [1.29, 1.82) is 0 Å². The molecule has 0 unspecified atom stereocenters. The molecule has 0 saturated heterocycles. The van der Waals surface area contributed by atoms with Crippen LogP contribution < -0.4 is 0 Å². The van der Waals surface area contributed by atoms with E-state index in [1.165, 1.54) is 31.2 Å². The van der Waals surface area contributed by atoms with Crippen LogP contribution in [0.1, 0.15) is 61.4 Å². The predicted molar refractivity (Wildman–Crippen MR) is 106 cm³/mol. The zero-order valence-corrected chi connectivity index (χ0v) is 16.6. The number of benzene rings is 1. The van der Waals surface area contributed by atoms with Gasteiger partial charge in [-0.3, -0.25) is 0 Å². The third-order valence-electron chi connectivity index (χ3n) is 5.18. The molecule has 1 aliphatic carbocycles. The number of fused-ring (bicyclic) bond motifs is 1. The van der Waals surface area contributed by atoms with E-state index < -0.39 is 0 Å². The minimum absolute atomic E-state index is 1.15. The molecule has 0 fully saturated rings. The summed E-state index contributed by atoms with van der Waals surface area (Å²) in [5.74, 6) is 0. The Morgan fingerprint density at radius 3 is 2.04 bits per heavy atom. The van der Waals surface area contributed by atoms with Crippen molar-refractivity contribution in [2.24, 2.45) is 0 Å². The van der Waals surface area contributed by atoms with Crippen LogP contribution in [0.5, 0.6) is 0 Å². The summed E-state index contributed by atoms with van der Waals surface area (Å²) in [5, 5.41) is 0. The van der Waals surface area contributed by atoms with E-state index in [9.17, 15) is 0 Å². The van der Waals surface area contributed by atoms with E-state index in [0.717, 1.165) is 19.3 Å². The minimum atomic E-state index is 1.15. The molecule has 1 heterocycles. The third kappa shape index (κ3) is 3.13. The second kappa shape index (κ2) is 7.44. The van der Waals surface area contributed by atoms with Crippen LogP contribution in [0, 0.1) is 0 Å². The fourth-order valence-corrected chi connectivity index (χ4v) is 6.18. The van der Waals surface area contributed by atoms with Crippen molar-refractivity contribution >= 4 is 23.1 Å². The van der Waals surface area contributed by atoms with E-state index >= 15 is 0 Å². The molecule has 0 bridgehead atoms. The molecule has 1 aliphatic rings. The topological polar surface area (TPSA) is 0 Å². The Bertz CT molecular complexity index is 669. The first-order valence-corrected chi connectivity index (χ1v) is 11.1. The van der Waals surface area contributed by atoms with Gasteiger partial charge in [0.15, 0.2) is 0 Å². The molecule has 3 rings (SSSR count). The number of aryl methyl sites for hydroxylation is 2. The molecule has 1 aromatic heterocycles. The number of hydrogen-bond donors (Lipinski definition) is 0. The van der Waals surface area contributed by atoms with Crippen LogP contribution in [0.15, 0.2) is 16.3 Å². The van der Waals surface area contributed by atoms with E-state index in [0.29, 0.717) is 0 Å². The summed E-state index contributed by atoms with van der Waals surface area (Å²) in [4.78, 5) is 1.57. The van der Waals surface area contributed by atoms with Gasteiger partial charge in [0.05, 0.1) is 4.21 Å². The molecule has 23 heavy (non-hydrogen) atoms. The predicted octanol–water partition coefficient (Wildman–Crippen LogP) is 6.70. The Labute approximate surface area is 149 Å². The second-order valence-corrected chi connectivity index (χ2v) is 8.52. The van der Waals surface area contributed by atoms with Crippen LogP contribution in [0.2, 0.25) is 0 Å². The molecular formula is C21H28S2. The fourth-order valence-electron chi connectivity index (χ4n) is 4.01. The molecule has 0 N–H and O–H groups in total. The molecule has 0 amide bonds. The van der Waals surface area contributed by atoms with E-state index in [1.54, 1.807) is 36.9 Å². The Morgan fingerprint density at radius 1 is 0.913 bits per heavy atom. The smallest absolute Gasteiger partial charge is 0.0637 e. The Kier molecular flexibility index (Phi) is 5.53. The van der Waals surface area contributed by atoms with Crippen molar-refractivity contribution in [2.45, 2.75) is 69.9 Å². The van der Waals surface area contributed by atoms with E-state index in [1.807, 2.05) is 23.1 Å². The SMILES string of the molecule is CCc1cc(-c2sc(SC)c3c2CCCC3)cc(CC)c1CC. The lowest BCUT2D eigenvalue weighted by molar-refractivity contribution is 0.684. The number of rotatable bonds is 5. The monoisotopic (exact) mass is 344 g/mol. The highest BCUT2D eigenvalue weighted by atomic mass is 32.2. The summed E-state index contributed by atoms with van der Waals surface area (Å²) in [6.45, 7) is 6.90.